The average Bonchev–Trinajstić information content (AvgIpc) is 2.94. The molecule has 0 aliphatic carbocycles. The highest BCUT2D eigenvalue weighted by molar-refractivity contribution is 9.10. The summed E-state index contributed by atoms with van der Waals surface area (Å²) in [5.74, 6) is 0.642. The van der Waals surface area contributed by atoms with Crippen LogP contribution in [0.3, 0.4) is 0 Å². The zero-order valence-corrected chi connectivity index (χ0v) is 11.7. The molecule has 0 radical (unpaired) electrons. The molecule has 1 amide bonds. The highest BCUT2D eigenvalue weighted by atomic mass is 79.9. The molecule has 1 N–H and O–H groups in total. The van der Waals surface area contributed by atoms with Crippen LogP contribution in [0.5, 0.6) is 0 Å². The number of carbonyl (C=O) groups excluding carboxylic acids is 1. The number of aryl methyl sites for hydroxylation is 1. The first-order valence-electron chi connectivity index (χ1n) is 5.28. The maximum absolute atomic E-state index is 11.9. The van der Waals surface area contributed by atoms with Crippen LogP contribution in [-0.2, 0) is 13.0 Å². The molecule has 0 aromatic carbocycles. The van der Waals surface area contributed by atoms with Gasteiger partial charge >= 0.3 is 0 Å². The van der Waals surface area contributed by atoms with Crippen molar-refractivity contribution in [2.75, 3.05) is 0 Å². The molecule has 0 aliphatic heterocycles. The topological polar surface area (TPSA) is 42.2 Å². The lowest BCUT2D eigenvalue weighted by Crippen LogP contribution is -2.22. The molecule has 5 heteroatoms. The Labute approximate surface area is 112 Å². The lowest BCUT2D eigenvalue weighted by molar-refractivity contribution is 0.0949. The Morgan fingerprint density at radius 3 is 3.00 bits per heavy atom. The standard InChI is InChI=1S/C12H12BrNO2S/c1-2-10-8(3-5-16-10)12(15)14-7-11-9(13)4-6-17-11/h3-6H,2,7H2,1H3,(H,14,15). The summed E-state index contributed by atoms with van der Waals surface area (Å²) in [7, 11) is 0. The predicted molar refractivity (Wildman–Crippen MR) is 71.3 cm³/mol. The minimum atomic E-state index is -0.0871. The van der Waals surface area contributed by atoms with Gasteiger partial charge in [0.2, 0.25) is 0 Å². The fourth-order valence-corrected chi connectivity index (χ4v) is 2.96. The van der Waals surface area contributed by atoms with Crippen molar-refractivity contribution >= 4 is 33.2 Å². The van der Waals surface area contributed by atoms with Gasteiger partial charge in [0, 0.05) is 15.8 Å². The molecule has 17 heavy (non-hydrogen) atoms. The fourth-order valence-electron chi connectivity index (χ4n) is 1.52. The number of nitrogens with one attached hydrogen (secondary N) is 1. The van der Waals surface area contributed by atoms with Crippen LogP contribution < -0.4 is 5.32 Å². The predicted octanol–water partition coefficient (Wildman–Crippen LogP) is 3.60. The van der Waals surface area contributed by atoms with E-state index in [0.717, 1.165) is 21.5 Å². The SMILES string of the molecule is CCc1occc1C(=O)NCc1sccc1Br. The van der Waals surface area contributed by atoms with Crippen LogP contribution in [0, 0.1) is 0 Å². The number of furan rings is 1. The van der Waals surface area contributed by atoms with Gasteiger partial charge in [-0.05, 0) is 33.4 Å². The number of carbonyl (C=O) groups is 1. The van der Waals surface area contributed by atoms with E-state index < -0.39 is 0 Å². The third-order valence-corrected chi connectivity index (χ3v) is 4.34. The van der Waals surface area contributed by atoms with Gasteiger partial charge in [0.25, 0.3) is 5.91 Å². The summed E-state index contributed by atoms with van der Waals surface area (Å²) in [4.78, 5) is 13.0. The highest BCUT2D eigenvalue weighted by Crippen LogP contribution is 2.22. The maximum Gasteiger partial charge on any atom is 0.255 e. The molecule has 2 rings (SSSR count). The van der Waals surface area contributed by atoms with Crippen molar-refractivity contribution in [2.45, 2.75) is 19.9 Å². The van der Waals surface area contributed by atoms with E-state index in [-0.39, 0.29) is 5.91 Å². The van der Waals surface area contributed by atoms with Gasteiger partial charge in [0.1, 0.15) is 5.76 Å². The Morgan fingerprint density at radius 2 is 2.35 bits per heavy atom. The maximum atomic E-state index is 11.9. The normalized spacial score (nSPS) is 10.5. The highest BCUT2D eigenvalue weighted by Gasteiger charge is 2.13. The monoisotopic (exact) mass is 313 g/mol. The average molecular weight is 314 g/mol. The summed E-state index contributed by atoms with van der Waals surface area (Å²) in [6.45, 7) is 2.50. The Kier molecular flexibility index (Phi) is 4.02. The molecule has 0 saturated heterocycles. The molecule has 0 fully saturated rings. The molecular formula is C12H12BrNO2S. The van der Waals surface area contributed by atoms with E-state index in [1.165, 1.54) is 0 Å². The number of halogens is 1. The van der Waals surface area contributed by atoms with E-state index in [1.807, 2.05) is 18.4 Å². The van der Waals surface area contributed by atoms with Crippen LogP contribution in [0.15, 0.2) is 32.7 Å². The van der Waals surface area contributed by atoms with Gasteiger partial charge in [0.15, 0.2) is 0 Å². The summed E-state index contributed by atoms with van der Waals surface area (Å²) in [5.41, 5.74) is 0.625. The summed E-state index contributed by atoms with van der Waals surface area (Å²) < 4.78 is 6.26. The number of thiophene rings is 1. The minimum Gasteiger partial charge on any atom is -0.469 e. The number of hydrogen-bond donors (Lipinski definition) is 1. The zero-order chi connectivity index (χ0) is 12.3. The summed E-state index contributed by atoms with van der Waals surface area (Å²) in [5, 5.41) is 4.87. The van der Waals surface area contributed by atoms with Crippen molar-refractivity contribution in [3.05, 3.63) is 44.4 Å². The number of hydrogen-bond acceptors (Lipinski definition) is 3. The second-order valence-electron chi connectivity index (χ2n) is 3.49. The van der Waals surface area contributed by atoms with E-state index in [1.54, 1.807) is 23.7 Å². The molecule has 90 valence electrons. The first-order chi connectivity index (χ1) is 8.22. The van der Waals surface area contributed by atoms with Crippen LogP contribution >= 0.6 is 27.3 Å². The molecule has 2 aromatic heterocycles. The second kappa shape index (κ2) is 5.51. The van der Waals surface area contributed by atoms with Crippen LogP contribution in [0.25, 0.3) is 0 Å². The fraction of sp³-hybridized carbons (Fsp3) is 0.250. The summed E-state index contributed by atoms with van der Waals surface area (Å²) >= 11 is 5.05. The van der Waals surface area contributed by atoms with Crippen LogP contribution in [0.1, 0.15) is 27.9 Å². The van der Waals surface area contributed by atoms with Crippen molar-refractivity contribution < 1.29 is 9.21 Å². The first kappa shape index (κ1) is 12.4. The molecule has 0 atom stereocenters. The lowest BCUT2D eigenvalue weighted by Gasteiger charge is -2.03. The molecule has 0 spiro atoms. The van der Waals surface area contributed by atoms with Gasteiger partial charge < -0.3 is 9.73 Å². The zero-order valence-electron chi connectivity index (χ0n) is 9.33. The van der Waals surface area contributed by atoms with Crippen molar-refractivity contribution in [1.82, 2.24) is 5.32 Å². The smallest absolute Gasteiger partial charge is 0.255 e. The van der Waals surface area contributed by atoms with Gasteiger partial charge in [-0.15, -0.1) is 11.3 Å². The molecule has 0 unspecified atom stereocenters. The molecule has 0 saturated carbocycles. The van der Waals surface area contributed by atoms with Gasteiger partial charge in [-0.1, -0.05) is 6.92 Å². The Morgan fingerprint density at radius 1 is 1.53 bits per heavy atom. The Balaban J connectivity index is 2.01. The number of amides is 1. The molecule has 0 aliphatic rings. The molecule has 3 nitrogen and oxygen atoms in total. The molecule has 0 bridgehead atoms. The lowest BCUT2D eigenvalue weighted by atomic mass is 10.2. The molecular weight excluding hydrogens is 302 g/mol. The van der Waals surface area contributed by atoms with Crippen LogP contribution in [0.2, 0.25) is 0 Å². The Bertz CT molecular complexity index is 518. The second-order valence-corrected chi connectivity index (χ2v) is 5.34. The van der Waals surface area contributed by atoms with Gasteiger partial charge in [-0.25, -0.2) is 0 Å². The third-order valence-electron chi connectivity index (χ3n) is 2.41. The Hall–Kier alpha value is -1.07. The molecule has 2 heterocycles. The summed E-state index contributed by atoms with van der Waals surface area (Å²) in [6.07, 6.45) is 2.27. The largest absolute Gasteiger partial charge is 0.469 e. The van der Waals surface area contributed by atoms with E-state index >= 15 is 0 Å². The van der Waals surface area contributed by atoms with E-state index in [0.29, 0.717) is 12.1 Å². The van der Waals surface area contributed by atoms with Gasteiger partial charge in [-0.3, -0.25) is 4.79 Å². The van der Waals surface area contributed by atoms with Crippen LogP contribution in [0.4, 0.5) is 0 Å². The van der Waals surface area contributed by atoms with Crippen molar-refractivity contribution in [3.63, 3.8) is 0 Å². The van der Waals surface area contributed by atoms with Crippen molar-refractivity contribution in [1.29, 1.82) is 0 Å². The van der Waals surface area contributed by atoms with Gasteiger partial charge in [0.05, 0.1) is 18.4 Å². The van der Waals surface area contributed by atoms with Gasteiger partial charge in [-0.2, -0.15) is 0 Å². The van der Waals surface area contributed by atoms with E-state index in [9.17, 15) is 4.79 Å². The quantitative estimate of drug-likeness (QED) is 0.937. The number of rotatable bonds is 4. The first-order valence-corrected chi connectivity index (χ1v) is 6.96. The summed E-state index contributed by atoms with van der Waals surface area (Å²) in [6, 6.07) is 3.68. The molecule has 2 aromatic rings. The van der Waals surface area contributed by atoms with Crippen molar-refractivity contribution in [2.24, 2.45) is 0 Å². The third kappa shape index (κ3) is 2.79. The minimum absolute atomic E-state index is 0.0871. The van der Waals surface area contributed by atoms with E-state index in [2.05, 4.69) is 21.2 Å². The van der Waals surface area contributed by atoms with Crippen molar-refractivity contribution in [3.8, 4) is 0 Å². The van der Waals surface area contributed by atoms with E-state index in [4.69, 9.17) is 4.42 Å². The van der Waals surface area contributed by atoms with Crippen LogP contribution in [-0.4, -0.2) is 5.91 Å².